The molecule has 0 saturated carbocycles. The van der Waals surface area contributed by atoms with Gasteiger partial charge in [-0.05, 0) is 25.1 Å². The molecule has 0 bridgehead atoms. The summed E-state index contributed by atoms with van der Waals surface area (Å²) in [4.78, 5) is 2.16. The molecule has 0 amide bonds. The Labute approximate surface area is 94.3 Å². The van der Waals surface area contributed by atoms with Crippen molar-refractivity contribution in [2.45, 2.75) is 19.5 Å². The Balaban J connectivity index is 2.10. The van der Waals surface area contributed by atoms with Crippen molar-refractivity contribution in [3.63, 3.8) is 0 Å². The third-order valence-corrected chi connectivity index (χ3v) is 3.02. The van der Waals surface area contributed by atoms with E-state index >= 15 is 0 Å². The Kier molecular flexibility index (Phi) is 3.51. The molecule has 0 unspecified atom stereocenters. The summed E-state index contributed by atoms with van der Waals surface area (Å²) in [6, 6.07) is 3.98. The van der Waals surface area contributed by atoms with Gasteiger partial charge in [0.2, 0.25) is 0 Å². The average molecular weight is 226 g/mol. The Morgan fingerprint density at radius 1 is 1.44 bits per heavy atom. The highest BCUT2D eigenvalue weighted by Gasteiger charge is 2.19. The maximum atomic E-state index is 13.4. The molecular formula is C12H16F2N2. The molecule has 0 aromatic heterocycles. The number of nitrogens with one attached hydrogen (secondary N) is 1. The number of nitrogens with zero attached hydrogens (tertiary/aromatic N) is 1. The van der Waals surface area contributed by atoms with Gasteiger partial charge in [0.25, 0.3) is 0 Å². The SMILES string of the molecule is C[C@@H]1CNCCN1Cc1cc(F)ccc1F. The minimum Gasteiger partial charge on any atom is -0.314 e. The normalized spacial score (nSPS) is 22.3. The number of halogens is 2. The van der Waals surface area contributed by atoms with E-state index in [2.05, 4.69) is 17.1 Å². The van der Waals surface area contributed by atoms with Crippen LogP contribution in [-0.4, -0.2) is 30.6 Å². The third-order valence-electron chi connectivity index (χ3n) is 3.02. The second kappa shape index (κ2) is 4.89. The molecule has 2 rings (SSSR count). The van der Waals surface area contributed by atoms with Gasteiger partial charge < -0.3 is 5.32 Å². The number of hydrogen-bond donors (Lipinski definition) is 1. The zero-order chi connectivity index (χ0) is 11.5. The first-order valence-electron chi connectivity index (χ1n) is 5.55. The first kappa shape index (κ1) is 11.5. The first-order valence-corrected chi connectivity index (χ1v) is 5.55. The highest BCUT2D eigenvalue weighted by atomic mass is 19.1. The van der Waals surface area contributed by atoms with E-state index in [0.29, 0.717) is 18.2 Å². The van der Waals surface area contributed by atoms with Crippen LogP contribution in [-0.2, 0) is 6.54 Å². The Morgan fingerprint density at radius 3 is 3.00 bits per heavy atom. The van der Waals surface area contributed by atoms with Gasteiger partial charge in [-0.3, -0.25) is 4.90 Å². The molecule has 0 radical (unpaired) electrons. The molecule has 1 aliphatic rings. The smallest absolute Gasteiger partial charge is 0.127 e. The van der Waals surface area contributed by atoms with Crippen molar-refractivity contribution >= 4 is 0 Å². The number of benzene rings is 1. The maximum absolute atomic E-state index is 13.4. The Hall–Kier alpha value is -1.00. The lowest BCUT2D eigenvalue weighted by Gasteiger charge is -2.33. The second-order valence-electron chi connectivity index (χ2n) is 4.26. The minimum atomic E-state index is -0.376. The van der Waals surface area contributed by atoms with Crippen LogP contribution in [0, 0.1) is 11.6 Å². The summed E-state index contributed by atoms with van der Waals surface area (Å²) in [5.74, 6) is -0.702. The van der Waals surface area contributed by atoms with Crippen LogP contribution >= 0.6 is 0 Å². The van der Waals surface area contributed by atoms with E-state index in [1.807, 2.05) is 0 Å². The van der Waals surface area contributed by atoms with E-state index < -0.39 is 0 Å². The van der Waals surface area contributed by atoms with Gasteiger partial charge in [-0.15, -0.1) is 0 Å². The van der Waals surface area contributed by atoms with Crippen LogP contribution in [0.2, 0.25) is 0 Å². The zero-order valence-electron chi connectivity index (χ0n) is 9.34. The van der Waals surface area contributed by atoms with Crippen LogP contribution in [0.25, 0.3) is 0 Å². The molecule has 1 aromatic carbocycles. The first-order chi connectivity index (χ1) is 7.66. The van der Waals surface area contributed by atoms with Gasteiger partial charge in [0.05, 0.1) is 0 Å². The molecule has 2 nitrogen and oxygen atoms in total. The molecule has 1 atom stereocenters. The molecular weight excluding hydrogens is 210 g/mol. The van der Waals surface area contributed by atoms with Crippen LogP contribution in [0.15, 0.2) is 18.2 Å². The summed E-state index contributed by atoms with van der Waals surface area (Å²) in [5.41, 5.74) is 0.439. The van der Waals surface area contributed by atoms with Gasteiger partial charge in [-0.2, -0.15) is 0 Å². The van der Waals surface area contributed by atoms with Crippen molar-refractivity contribution in [3.05, 3.63) is 35.4 Å². The molecule has 1 heterocycles. The van der Waals surface area contributed by atoms with Gasteiger partial charge in [-0.25, -0.2) is 8.78 Å². The van der Waals surface area contributed by atoms with Crippen LogP contribution in [0.5, 0.6) is 0 Å². The van der Waals surface area contributed by atoms with Crippen LogP contribution in [0.1, 0.15) is 12.5 Å². The van der Waals surface area contributed by atoms with Gasteiger partial charge in [0.15, 0.2) is 0 Å². The molecule has 1 aliphatic heterocycles. The molecule has 0 aliphatic carbocycles. The molecule has 1 N–H and O–H groups in total. The zero-order valence-corrected chi connectivity index (χ0v) is 9.34. The summed E-state index contributed by atoms with van der Waals surface area (Å²) in [5, 5.41) is 3.27. The number of hydrogen-bond acceptors (Lipinski definition) is 2. The van der Waals surface area contributed by atoms with Gasteiger partial charge in [0, 0.05) is 37.8 Å². The Morgan fingerprint density at radius 2 is 2.25 bits per heavy atom. The van der Waals surface area contributed by atoms with Crippen LogP contribution < -0.4 is 5.32 Å². The van der Waals surface area contributed by atoms with Gasteiger partial charge in [-0.1, -0.05) is 0 Å². The summed E-state index contributed by atoms with van der Waals surface area (Å²) < 4.78 is 26.4. The van der Waals surface area contributed by atoms with Crippen molar-refractivity contribution in [3.8, 4) is 0 Å². The molecule has 1 aromatic rings. The summed E-state index contributed by atoms with van der Waals surface area (Å²) in [6.07, 6.45) is 0. The summed E-state index contributed by atoms with van der Waals surface area (Å²) in [7, 11) is 0. The van der Waals surface area contributed by atoms with E-state index in [1.54, 1.807) is 0 Å². The number of piperazine rings is 1. The fourth-order valence-corrected chi connectivity index (χ4v) is 2.00. The number of rotatable bonds is 2. The van der Waals surface area contributed by atoms with E-state index in [9.17, 15) is 8.78 Å². The van der Waals surface area contributed by atoms with E-state index in [4.69, 9.17) is 0 Å². The van der Waals surface area contributed by atoms with Crippen molar-refractivity contribution in [1.82, 2.24) is 10.2 Å². The quantitative estimate of drug-likeness (QED) is 0.826. The summed E-state index contributed by atoms with van der Waals surface area (Å²) >= 11 is 0. The lowest BCUT2D eigenvalue weighted by atomic mass is 10.1. The molecule has 0 spiro atoms. The molecule has 4 heteroatoms. The van der Waals surface area contributed by atoms with Crippen molar-refractivity contribution < 1.29 is 8.78 Å². The Bertz CT molecular complexity index is 368. The fourth-order valence-electron chi connectivity index (χ4n) is 2.00. The molecule has 1 fully saturated rings. The average Bonchev–Trinajstić information content (AvgIpc) is 2.27. The third kappa shape index (κ3) is 2.57. The molecule has 1 saturated heterocycles. The monoisotopic (exact) mass is 226 g/mol. The maximum Gasteiger partial charge on any atom is 0.127 e. The lowest BCUT2D eigenvalue weighted by Crippen LogP contribution is -2.49. The van der Waals surface area contributed by atoms with Crippen molar-refractivity contribution in [1.29, 1.82) is 0 Å². The summed E-state index contributed by atoms with van der Waals surface area (Å²) in [6.45, 7) is 5.24. The fraction of sp³-hybridized carbons (Fsp3) is 0.500. The van der Waals surface area contributed by atoms with Crippen LogP contribution in [0.3, 0.4) is 0 Å². The topological polar surface area (TPSA) is 15.3 Å². The van der Waals surface area contributed by atoms with E-state index in [-0.39, 0.29) is 11.6 Å². The van der Waals surface area contributed by atoms with Gasteiger partial charge >= 0.3 is 0 Å². The predicted molar refractivity (Wildman–Crippen MR) is 59.1 cm³/mol. The van der Waals surface area contributed by atoms with Crippen LogP contribution in [0.4, 0.5) is 8.78 Å². The van der Waals surface area contributed by atoms with E-state index in [1.165, 1.54) is 12.1 Å². The van der Waals surface area contributed by atoms with Crippen molar-refractivity contribution in [2.24, 2.45) is 0 Å². The van der Waals surface area contributed by atoms with Gasteiger partial charge in [0.1, 0.15) is 11.6 Å². The standard InChI is InChI=1S/C12H16F2N2/c1-9-7-15-4-5-16(9)8-10-6-11(13)2-3-12(10)14/h2-3,6,9,15H,4-5,7-8H2,1H3/t9-/m1/s1. The van der Waals surface area contributed by atoms with E-state index in [0.717, 1.165) is 25.7 Å². The highest BCUT2D eigenvalue weighted by Crippen LogP contribution is 2.14. The lowest BCUT2D eigenvalue weighted by molar-refractivity contribution is 0.163. The molecule has 16 heavy (non-hydrogen) atoms. The van der Waals surface area contributed by atoms with Crippen molar-refractivity contribution in [2.75, 3.05) is 19.6 Å². The molecule has 88 valence electrons. The predicted octanol–water partition coefficient (Wildman–Crippen LogP) is 1.76. The minimum absolute atomic E-state index is 0.327. The second-order valence-corrected chi connectivity index (χ2v) is 4.26. The largest absolute Gasteiger partial charge is 0.314 e. The highest BCUT2D eigenvalue weighted by molar-refractivity contribution is 5.18.